The van der Waals surface area contributed by atoms with Crippen LogP contribution in [0.3, 0.4) is 0 Å². The summed E-state index contributed by atoms with van der Waals surface area (Å²) in [4.78, 5) is 4.41. The summed E-state index contributed by atoms with van der Waals surface area (Å²) < 4.78 is 15.4. The van der Waals surface area contributed by atoms with E-state index in [9.17, 15) is 4.39 Å². The molecule has 0 atom stereocenters. The van der Waals surface area contributed by atoms with Crippen LogP contribution in [0.5, 0.6) is 0 Å². The maximum Gasteiger partial charge on any atom is 0.207 e. The first-order chi connectivity index (χ1) is 9.51. The van der Waals surface area contributed by atoms with E-state index in [1.54, 1.807) is 0 Å². The first-order valence-electron chi connectivity index (χ1n) is 6.46. The molecule has 1 aromatic heterocycles. The average Bonchev–Trinajstić information content (AvgIpc) is 2.73. The standard InChI is InChI=1S/C14H16Cl2FN3/c1-3-4-5-20-8-9(2)18-14(20)19-10-6-11(15)13(17)12(16)7-10/h6-8H,3-5H2,1-2H3,(H,18,19). The fourth-order valence-corrected chi connectivity index (χ4v) is 2.39. The molecule has 108 valence electrons. The zero-order valence-corrected chi connectivity index (χ0v) is 12.9. The second kappa shape index (κ2) is 6.46. The van der Waals surface area contributed by atoms with Gasteiger partial charge < -0.3 is 9.88 Å². The number of hydrogen-bond acceptors (Lipinski definition) is 2. The number of halogens is 3. The van der Waals surface area contributed by atoms with Gasteiger partial charge >= 0.3 is 0 Å². The van der Waals surface area contributed by atoms with Crippen molar-refractivity contribution in [1.29, 1.82) is 0 Å². The zero-order chi connectivity index (χ0) is 14.7. The third kappa shape index (κ3) is 3.44. The number of rotatable bonds is 5. The fourth-order valence-electron chi connectivity index (χ4n) is 1.90. The Morgan fingerprint density at radius 3 is 2.55 bits per heavy atom. The van der Waals surface area contributed by atoms with E-state index < -0.39 is 5.82 Å². The highest BCUT2D eigenvalue weighted by Gasteiger charge is 2.10. The Morgan fingerprint density at radius 2 is 1.95 bits per heavy atom. The van der Waals surface area contributed by atoms with Gasteiger partial charge in [-0.1, -0.05) is 36.5 Å². The Morgan fingerprint density at radius 1 is 1.30 bits per heavy atom. The molecule has 0 saturated heterocycles. The minimum Gasteiger partial charge on any atom is -0.326 e. The smallest absolute Gasteiger partial charge is 0.207 e. The molecule has 0 saturated carbocycles. The van der Waals surface area contributed by atoms with Crippen molar-refractivity contribution in [2.45, 2.75) is 33.2 Å². The first-order valence-corrected chi connectivity index (χ1v) is 7.22. The molecule has 0 unspecified atom stereocenters. The highest BCUT2D eigenvalue weighted by atomic mass is 35.5. The number of aromatic nitrogens is 2. The van der Waals surface area contributed by atoms with Gasteiger partial charge in [-0.2, -0.15) is 0 Å². The predicted octanol–water partition coefficient (Wildman–Crippen LogP) is 5.18. The van der Waals surface area contributed by atoms with E-state index >= 15 is 0 Å². The Kier molecular flexibility index (Phi) is 4.89. The Hall–Kier alpha value is -1.26. The molecule has 1 heterocycles. The van der Waals surface area contributed by atoms with Crippen LogP contribution >= 0.6 is 23.2 Å². The molecule has 2 aromatic rings. The normalized spacial score (nSPS) is 10.8. The molecule has 3 nitrogen and oxygen atoms in total. The average molecular weight is 316 g/mol. The molecule has 20 heavy (non-hydrogen) atoms. The quantitative estimate of drug-likeness (QED) is 0.770. The van der Waals surface area contributed by atoms with Crippen molar-refractivity contribution in [2.24, 2.45) is 0 Å². The third-order valence-electron chi connectivity index (χ3n) is 2.89. The van der Waals surface area contributed by atoms with E-state index in [2.05, 4.69) is 17.2 Å². The lowest BCUT2D eigenvalue weighted by Crippen LogP contribution is -2.03. The van der Waals surface area contributed by atoms with E-state index in [-0.39, 0.29) is 10.0 Å². The second-order valence-corrected chi connectivity index (χ2v) is 5.45. The summed E-state index contributed by atoms with van der Waals surface area (Å²) >= 11 is 11.6. The van der Waals surface area contributed by atoms with Crippen LogP contribution in [-0.4, -0.2) is 9.55 Å². The van der Waals surface area contributed by atoms with Crippen LogP contribution in [0.4, 0.5) is 16.0 Å². The summed E-state index contributed by atoms with van der Waals surface area (Å²) in [7, 11) is 0. The number of aryl methyl sites for hydroxylation is 2. The van der Waals surface area contributed by atoms with Crippen molar-refractivity contribution < 1.29 is 4.39 Å². The number of unbranched alkanes of at least 4 members (excludes halogenated alkanes) is 1. The monoisotopic (exact) mass is 315 g/mol. The molecule has 0 bridgehead atoms. The zero-order valence-electron chi connectivity index (χ0n) is 11.4. The lowest BCUT2D eigenvalue weighted by molar-refractivity contribution is 0.628. The van der Waals surface area contributed by atoms with Gasteiger partial charge in [-0.05, 0) is 25.5 Å². The molecular formula is C14H16Cl2FN3. The highest BCUT2D eigenvalue weighted by molar-refractivity contribution is 6.35. The number of nitrogens with zero attached hydrogens (tertiary/aromatic N) is 2. The number of anilines is 2. The first kappa shape index (κ1) is 15.1. The molecule has 0 amide bonds. The maximum atomic E-state index is 13.4. The van der Waals surface area contributed by atoms with Crippen LogP contribution in [0.1, 0.15) is 25.5 Å². The van der Waals surface area contributed by atoms with Crippen LogP contribution in [0.2, 0.25) is 10.0 Å². The molecule has 0 radical (unpaired) electrons. The van der Waals surface area contributed by atoms with Crippen molar-refractivity contribution in [3.63, 3.8) is 0 Å². The summed E-state index contributed by atoms with van der Waals surface area (Å²) in [6, 6.07) is 2.99. The van der Waals surface area contributed by atoms with Crippen molar-refractivity contribution in [1.82, 2.24) is 9.55 Å². The molecule has 2 rings (SSSR count). The van der Waals surface area contributed by atoms with Gasteiger partial charge in [0.2, 0.25) is 5.95 Å². The van der Waals surface area contributed by atoms with Gasteiger partial charge in [0.05, 0.1) is 15.7 Å². The Bertz CT molecular complexity index is 587. The molecule has 6 heteroatoms. The lowest BCUT2D eigenvalue weighted by Gasteiger charge is -2.10. The molecule has 1 aromatic carbocycles. The van der Waals surface area contributed by atoms with E-state index in [1.165, 1.54) is 12.1 Å². The third-order valence-corrected chi connectivity index (χ3v) is 3.44. The SMILES string of the molecule is CCCCn1cc(C)nc1Nc1cc(Cl)c(F)c(Cl)c1. The van der Waals surface area contributed by atoms with Crippen molar-refractivity contribution >= 4 is 34.8 Å². The highest BCUT2D eigenvalue weighted by Crippen LogP contribution is 2.29. The van der Waals surface area contributed by atoms with Gasteiger partial charge in [0.1, 0.15) is 0 Å². The lowest BCUT2D eigenvalue weighted by atomic mass is 10.3. The molecular weight excluding hydrogens is 300 g/mol. The summed E-state index contributed by atoms with van der Waals surface area (Å²) in [6.45, 7) is 4.94. The van der Waals surface area contributed by atoms with Gasteiger partial charge in [0.15, 0.2) is 5.82 Å². The van der Waals surface area contributed by atoms with Crippen molar-refractivity contribution in [3.8, 4) is 0 Å². The molecule has 0 aliphatic carbocycles. The minimum atomic E-state index is -0.607. The molecule has 0 fully saturated rings. The van der Waals surface area contributed by atoms with Gasteiger partial charge in [-0.25, -0.2) is 9.37 Å². The number of benzene rings is 1. The van der Waals surface area contributed by atoms with Crippen LogP contribution in [0, 0.1) is 12.7 Å². The van der Waals surface area contributed by atoms with Crippen LogP contribution in [0.15, 0.2) is 18.3 Å². The van der Waals surface area contributed by atoms with Crippen molar-refractivity contribution in [3.05, 3.63) is 39.9 Å². The number of nitrogens with one attached hydrogen (secondary N) is 1. The summed E-state index contributed by atoms with van der Waals surface area (Å²) in [5.74, 6) is 0.0964. The van der Waals surface area contributed by atoms with Gasteiger partial charge in [0, 0.05) is 18.4 Å². The van der Waals surface area contributed by atoms with E-state index in [4.69, 9.17) is 23.2 Å². The van der Waals surface area contributed by atoms with E-state index in [0.717, 1.165) is 25.1 Å². The Labute approximate surface area is 127 Å². The summed E-state index contributed by atoms with van der Waals surface area (Å²) in [5.41, 5.74) is 1.53. The summed E-state index contributed by atoms with van der Waals surface area (Å²) in [6.07, 6.45) is 4.14. The van der Waals surface area contributed by atoms with Gasteiger partial charge in [0.25, 0.3) is 0 Å². The fraction of sp³-hybridized carbons (Fsp3) is 0.357. The maximum absolute atomic E-state index is 13.4. The summed E-state index contributed by atoms with van der Waals surface area (Å²) in [5, 5.41) is 3.11. The number of hydrogen-bond donors (Lipinski definition) is 1. The second-order valence-electron chi connectivity index (χ2n) is 4.63. The largest absolute Gasteiger partial charge is 0.326 e. The van der Waals surface area contributed by atoms with Gasteiger partial charge in [-0.3, -0.25) is 0 Å². The topological polar surface area (TPSA) is 29.9 Å². The molecule has 1 N–H and O–H groups in total. The molecule has 0 spiro atoms. The molecule has 0 aliphatic rings. The molecule has 0 aliphatic heterocycles. The van der Waals surface area contributed by atoms with Gasteiger partial charge in [-0.15, -0.1) is 0 Å². The van der Waals surface area contributed by atoms with Crippen LogP contribution in [0.25, 0.3) is 0 Å². The van der Waals surface area contributed by atoms with Crippen molar-refractivity contribution in [2.75, 3.05) is 5.32 Å². The van der Waals surface area contributed by atoms with E-state index in [1.807, 2.05) is 17.7 Å². The van der Waals surface area contributed by atoms with Crippen LogP contribution < -0.4 is 5.32 Å². The van der Waals surface area contributed by atoms with Crippen LogP contribution in [-0.2, 0) is 6.54 Å². The minimum absolute atomic E-state index is 0.0108. The number of imidazole rings is 1. The Balaban J connectivity index is 2.25. The van der Waals surface area contributed by atoms with E-state index in [0.29, 0.717) is 11.6 Å². The predicted molar refractivity (Wildman–Crippen MR) is 81.6 cm³/mol.